The van der Waals surface area contributed by atoms with E-state index in [0.717, 1.165) is 11.3 Å². The maximum Gasteiger partial charge on any atom is 0.309 e. The van der Waals surface area contributed by atoms with E-state index in [4.69, 9.17) is 16.3 Å². The van der Waals surface area contributed by atoms with E-state index in [-0.39, 0.29) is 15.9 Å². The number of carbonyl (C=O) groups is 1. The van der Waals surface area contributed by atoms with Gasteiger partial charge in [-0.15, -0.1) is 0 Å². The average Bonchev–Trinajstić information content (AvgIpc) is 2.68. The van der Waals surface area contributed by atoms with Crippen LogP contribution in [0.3, 0.4) is 0 Å². The molecule has 0 saturated heterocycles. The monoisotopic (exact) mass is 346 g/mol. The second kappa shape index (κ2) is 6.00. The molecule has 0 fully saturated rings. The quantitative estimate of drug-likeness (QED) is 0.860. The molecule has 0 spiro atoms. The number of esters is 1. The van der Waals surface area contributed by atoms with Crippen LogP contribution in [0.4, 0.5) is 5.13 Å². The van der Waals surface area contributed by atoms with Gasteiger partial charge >= 0.3 is 5.97 Å². The van der Waals surface area contributed by atoms with Crippen molar-refractivity contribution in [1.82, 2.24) is 4.98 Å². The summed E-state index contributed by atoms with van der Waals surface area (Å²) in [6, 6.07) is 5.73. The lowest BCUT2D eigenvalue weighted by atomic mass is 10.4. The summed E-state index contributed by atoms with van der Waals surface area (Å²) < 4.78 is 31.5. The summed E-state index contributed by atoms with van der Waals surface area (Å²) in [6.07, 6.45) is 0. The van der Waals surface area contributed by atoms with Gasteiger partial charge in [-0.2, -0.15) is 4.98 Å². The number of aromatic nitrogens is 1. The molecule has 2 rings (SSSR count). The minimum Gasteiger partial charge on any atom is -0.406 e. The van der Waals surface area contributed by atoms with Crippen LogP contribution in [0.2, 0.25) is 5.02 Å². The fourth-order valence-corrected chi connectivity index (χ4v) is 3.55. The number of nitrogens with zero attached hydrogens (tertiary/aromatic N) is 1. The van der Waals surface area contributed by atoms with Crippen molar-refractivity contribution in [3.63, 3.8) is 0 Å². The van der Waals surface area contributed by atoms with Gasteiger partial charge in [-0.05, 0) is 31.2 Å². The molecule has 1 N–H and O–H groups in total. The Morgan fingerprint density at radius 2 is 1.95 bits per heavy atom. The Morgan fingerprint density at radius 3 is 2.52 bits per heavy atom. The molecular weight excluding hydrogens is 336 g/mol. The van der Waals surface area contributed by atoms with Crippen LogP contribution in [0.1, 0.15) is 11.8 Å². The van der Waals surface area contributed by atoms with E-state index in [2.05, 4.69) is 9.71 Å². The van der Waals surface area contributed by atoms with Gasteiger partial charge in [-0.25, -0.2) is 8.42 Å². The molecule has 0 bridgehead atoms. The van der Waals surface area contributed by atoms with Crippen LogP contribution in [0.5, 0.6) is 5.88 Å². The van der Waals surface area contributed by atoms with Gasteiger partial charge < -0.3 is 4.74 Å². The Balaban J connectivity index is 2.24. The Kier molecular flexibility index (Phi) is 4.50. The summed E-state index contributed by atoms with van der Waals surface area (Å²) in [6.45, 7) is 2.92. The van der Waals surface area contributed by atoms with E-state index >= 15 is 0 Å². The summed E-state index contributed by atoms with van der Waals surface area (Å²) >= 11 is 6.80. The number of hydrogen-bond donors (Lipinski definition) is 1. The number of benzene rings is 1. The number of thiazole rings is 1. The van der Waals surface area contributed by atoms with Crippen molar-refractivity contribution < 1.29 is 17.9 Å². The highest BCUT2D eigenvalue weighted by atomic mass is 35.5. The first-order valence-corrected chi connectivity index (χ1v) is 8.40. The van der Waals surface area contributed by atoms with Crippen molar-refractivity contribution in [3.05, 3.63) is 34.2 Å². The molecule has 112 valence electrons. The third kappa shape index (κ3) is 3.93. The molecule has 21 heavy (non-hydrogen) atoms. The maximum atomic E-state index is 12.2. The van der Waals surface area contributed by atoms with Gasteiger partial charge in [0, 0.05) is 11.9 Å². The first kappa shape index (κ1) is 15.7. The first-order chi connectivity index (χ1) is 9.78. The predicted octanol–water partition coefficient (Wildman–Crippen LogP) is 2.83. The number of halogens is 1. The number of anilines is 1. The molecule has 0 radical (unpaired) electrons. The molecule has 0 unspecified atom stereocenters. The molecular formula is C12H11ClN2O4S2. The van der Waals surface area contributed by atoms with Crippen molar-refractivity contribution >= 4 is 44.1 Å². The molecule has 0 aliphatic carbocycles. The number of sulfonamides is 1. The summed E-state index contributed by atoms with van der Waals surface area (Å²) in [5, 5.41) is 0.565. The smallest absolute Gasteiger partial charge is 0.309 e. The summed E-state index contributed by atoms with van der Waals surface area (Å²) in [5.74, 6) is -0.420. The molecule has 0 aliphatic rings. The van der Waals surface area contributed by atoms with E-state index < -0.39 is 16.0 Å². The molecule has 1 aromatic carbocycles. The highest BCUT2D eigenvalue weighted by Crippen LogP contribution is 2.29. The number of hydrogen-bond acceptors (Lipinski definition) is 6. The third-order valence-electron chi connectivity index (χ3n) is 2.34. The van der Waals surface area contributed by atoms with E-state index in [0.29, 0.717) is 9.90 Å². The lowest BCUT2D eigenvalue weighted by Gasteiger charge is -2.04. The van der Waals surface area contributed by atoms with Gasteiger partial charge in [0.05, 0.1) is 9.77 Å². The predicted molar refractivity (Wildman–Crippen MR) is 80.4 cm³/mol. The second-order valence-corrected chi connectivity index (χ2v) is 7.36. The van der Waals surface area contributed by atoms with Gasteiger partial charge in [-0.3, -0.25) is 9.52 Å². The lowest BCUT2D eigenvalue weighted by molar-refractivity contribution is -0.132. The molecule has 6 nitrogen and oxygen atoms in total. The third-order valence-corrected chi connectivity index (χ3v) is 4.94. The van der Waals surface area contributed by atoms with Crippen molar-refractivity contribution in [1.29, 1.82) is 0 Å². The molecule has 0 atom stereocenters. The van der Waals surface area contributed by atoms with Gasteiger partial charge in [0.25, 0.3) is 10.0 Å². The number of rotatable bonds is 4. The van der Waals surface area contributed by atoms with E-state index in [1.54, 1.807) is 6.92 Å². The van der Waals surface area contributed by atoms with Crippen LogP contribution in [-0.2, 0) is 14.8 Å². The van der Waals surface area contributed by atoms with Crippen LogP contribution in [-0.4, -0.2) is 19.4 Å². The van der Waals surface area contributed by atoms with Crippen LogP contribution in [0.25, 0.3) is 0 Å². The molecule has 1 aromatic heterocycles. The fraction of sp³-hybridized carbons (Fsp3) is 0.167. The Morgan fingerprint density at radius 1 is 1.33 bits per heavy atom. The molecule has 0 amide bonds. The number of nitrogens with one attached hydrogen (secondary N) is 1. The normalized spacial score (nSPS) is 11.2. The van der Waals surface area contributed by atoms with Crippen LogP contribution >= 0.6 is 22.9 Å². The first-order valence-electron chi connectivity index (χ1n) is 5.72. The van der Waals surface area contributed by atoms with E-state index in [1.807, 2.05) is 0 Å². The summed E-state index contributed by atoms with van der Waals surface area (Å²) in [5.41, 5.74) is 0. The molecule has 1 heterocycles. The lowest BCUT2D eigenvalue weighted by Crippen LogP contribution is -2.12. The standard InChI is InChI=1S/C12H11ClN2O4S2/c1-7-11(19-8(2)16)14-12(20-7)15-21(17,18)10-5-3-9(13)4-6-10/h3-6H,1-2H3,(H,14,15). The van der Waals surface area contributed by atoms with Gasteiger partial charge in [0.15, 0.2) is 5.13 Å². The van der Waals surface area contributed by atoms with Crippen LogP contribution in [0.15, 0.2) is 29.2 Å². The van der Waals surface area contributed by atoms with E-state index in [1.165, 1.54) is 31.2 Å². The zero-order valence-corrected chi connectivity index (χ0v) is 13.5. The molecule has 0 aliphatic heterocycles. The number of ether oxygens (including phenoxy) is 1. The Labute approximate surface area is 130 Å². The highest BCUT2D eigenvalue weighted by Gasteiger charge is 2.18. The topological polar surface area (TPSA) is 85.4 Å². The zero-order valence-electron chi connectivity index (χ0n) is 11.1. The van der Waals surface area contributed by atoms with Crippen molar-refractivity contribution in [2.45, 2.75) is 18.7 Å². The molecule has 9 heteroatoms. The van der Waals surface area contributed by atoms with Crippen LogP contribution in [0, 0.1) is 6.92 Å². The van der Waals surface area contributed by atoms with E-state index in [9.17, 15) is 13.2 Å². The Hall–Kier alpha value is -1.64. The highest BCUT2D eigenvalue weighted by molar-refractivity contribution is 7.93. The zero-order chi connectivity index (χ0) is 15.6. The summed E-state index contributed by atoms with van der Waals surface area (Å²) in [7, 11) is -3.76. The van der Waals surface area contributed by atoms with Gasteiger partial charge in [0.2, 0.25) is 5.88 Å². The van der Waals surface area contributed by atoms with Crippen molar-refractivity contribution in [2.24, 2.45) is 0 Å². The largest absolute Gasteiger partial charge is 0.406 e. The maximum absolute atomic E-state index is 12.2. The molecule has 2 aromatic rings. The minimum atomic E-state index is -3.76. The Bertz CT molecular complexity index is 769. The van der Waals surface area contributed by atoms with Crippen LogP contribution < -0.4 is 9.46 Å². The number of aryl methyl sites for hydroxylation is 1. The van der Waals surface area contributed by atoms with Gasteiger partial charge in [0.1, 0.15) is 0 Å². The number of carbonyl (C=O) groups excluding carboxylic acids is 1. The van der Waals surface area contributed by atoms with Gasteiger partial charge in [-0.1, -0.05) is 22.9 Å². The molecule has 0 saturated carbocycles. The van der Waals surface area contributed by atoms with Crippen molar-refractivity contribution in [3.8, 4) is 5.88 Å². The summed E-state index contributed by atoms with van der Waals surface area (Å²) in [4.78, 5) is 15.5. The average molecular weight is 347 g/mol. The van der Waals surface area contributed by atoms with Crippen molar-refractivity contribution in [2.75, 3.05) is 4.72 Å². The second-order valence-electron chi connectivity index (χ2n) is 4.03. The fourth-order valence-electron chi connectivity index (χ4n) is 1.44. The SMILES string of the molecule is CC(=O)Oc1nc(NS(=O)(=O)c2ccc(Cl)cc2)sc1C. The minimum absolute atomic E-state index is 0.0637.